The Kier molecular flexibility index (Phi) is 7.99. The summed E-state index contributed by atoms with van der Waals surface area (Å²) >= 11 is 0. The Labute approximate surface area is 177 Å². The predicted octanol–water partition coefficient (Wildman–Crippen LogP) is 2.32. The molecule has 6 heteroatoms. The van der Waals surface area contributed by atoms with Gasteiger partial charge in [-0.15, -0.1) is 0 Å². The third kappa shape index (κ3) is 5.85. The molecule has 2 rings (SSSR count). The van der Waals surface area contributed by atoms with Crippen LogP contribution in [0.25, 0.3) is 18.7 Å². The molecule has 0 fully saturated rings. The Morgan fingerprint density at radius 2 is 2.07 bits per heavy atom. The summed E-state index contributed by atoms with van der Waals surface area (Å²) < 4.78 is 2.00. The number of amides is 1. The lowest BCUT2D eigenvalue weighted by Gasteiger charge is -2.06. The van der Waals surface area contributed by atoms with Gasteiger partial charge in [-0.05, 0) is 42.5 Å². The van der Waals surface area contributed by atoms with Gasteiger partial charge >= 0.3 is 0 Å². The fourth-order valence-electron chi connectivity index (χ4n) is 2.85. The van der Waals surface area contributed by atoms with E-state index < -0.39 is 0 Å². The second-order valence-corrected chi connectivity index (χ2v) is 6.53. The minimum absolute atomic E-state index is 0.140. The van der Waals surface area contributed by atoms with Gasteiger partial charge in [-0.3, -0.25) is 9.79 Å². The number of rotatable bonds is 6. The Balaban J connectivity index is 2.34. The van der Waals surface area contributed by atoms with E-state index in [-0.39, 0.29) is 11.7 Å². The number of benzene rings is 1. The summed E-state index contributed by atoms with van der Waals surface area (Å²) in [7, 11) is 5.24. The van der Waals surface area contributed by atoms with Crippen molar-refractivity contribution in [2.45, 2.75) is 6.92 Å². The molecule has 0 saturated heterocycles. The predicted molar refractivity (Wildman–Crippen MR) is 126 cm³/mol. The first-order chi connectivity index (χ1) is 14.4. The molecule has 2 aromatic rings. The number of allylic oxidation sites excluding steroid dienone is 3. The van der Waals surface area contributed by atoms with Crippen molar-refractivity contribution in [2.24, 2.45) is 12.0 Å². The average Bonchev–Trinajstić information content (AvgIpc) is 2.99. The third-order valence-electron chi connectivity index (χ3n) is 4.41. The van der Waals surface area contributed by atoms with Gasteiger partial charge in [-0.1, -0.05) is 30.9 Å². The zero-order chi connectivity index (χ0) is 22.1. The van der Waals surface area contributed by atoms with E-state index in [4.69, 9.17) is 0 Å². The van der Waals surface area contributed by atoms with Gasteiger partial charge in [0.25, 0.3) is 5.91 Å². The molecule has 0 aliphatic rings. The highest BCUT2D eigenvalue weighted by Gasteiger charge is 2.03. The number of nitrogens with one attached hydrogen (secondary N) is 2. The molecule has 0 aliphatic heterocycles. The van der Waals surface area contributed by atoms with E-state index in [9.17, 15) is 9.90 Å². The lowest BCUT2D eigenvalue weighted by molar-refractivity contribution is -0.116. The highest BCUT2D eigenvalue weighted by atomic mass is 16.3. The second-order valence-electron chi connectivity index (χ2n) is 6.53. The number of nitrogens with zero attached hydrogens (tertiary/aromatic N) is 2. The summed E-state index contributed by atoms with van der Waals surface area (Å²) in [4.78, 5) is 16.2. The number of phenolic OH excluding ortho intramolecular Hbond substituents is 1. The number of hydrogen-bond acceptors (Lipinski definition) is 3. The van der Waals surface area contributed by atoms with E-state index in [2.05, 4.69) is 22.2 Å². The SMILES string of the molecule is C=c1cc(C=CC=C(C=CC)C(=O)NC)n(C)c1=CC(=NC)Nc1cccc(O)c1. The largest absolute Gasteiger partial charge is 0.508 e. The first-order valence-electron chi connectivity index (χ1n) is 9.52. The molecule has 0 saturated carbocycles. The first-order valence-corrected chi connectivity index (χ1v) is 9.52. The number of amidine groups is 1. The molecule has 0 aliphatic carbocycles. The number of aromatic nitrogens is 1. The Hall–Kier alpha value is -3.80. The molecule has 0 spiro atoms. The fraction of sp³-hybridized carbons (Fsp3) is 0.167. The highest BCUT2D eigenvalue weighted by molar-refractivity contribution is 6.16. The van der Waals surface area contributed by atoms with E-state index in [0.717, 1.165) is 21.9 Å². The van der Waals surface area contributed by atoms with Crippen LogP contribution in [0.4, 0.5) is 5.69 Å². The number of anilines is 1. The van der Waals surface area contributed by atoms with Crippen molar-refractivity contribution in [2.75, 3.05) is 19.4 Å². The standard InChI is InChI=1S/C24H28N4O2/c1-6-9-18(24(30)26-4)10-7-12-20-14-17(2)22(28(20)5)16-23(25-3)27-19-11-8-13-21(29)15-19/h6-16,29H,2H2,1,3-5H3,(H,25,27)(H,26,30). The van der Waals surface area contributed by atoms with Gasteiger partial charge in [-0.2, -0.15) is 0 Å². The number of carbonyl (C=O) groups excluding carboxylic acids is 1. The van der Waals surface area contributed by atoms with Crippen LogP contribution in [0.2, 0.25) is 0 Å². The third-order valence-corrected chi connectivity index (χ3v) is 4.41. The van der Waals surface area contributed by atoms with Crippen LogP contribution in [-0.4, -0.2) is 35.5 Å². The number of hydrogen-bond donors (Lipinski definition) is 3. The van der Waals surface area contributed by atoms with Gasteiger partial charge in [0.15, 0.2) is 0 Å². The van der Waals surface area contributed by atoms with Crippen molar-refractivity contribution in [3.05, 3.63) is 76.5 Å². The molecule has 1 heterocycles. The summed E-state index contributed by atoms with van der Waals surface area (Å²) in [5.41, 5.74) is 2.25. The second kappa shape index (κ2) is 10.7. The molecular weight excluding hydrogens is 376 g/mol. The van der Waals surface area contributed by atoms with Crippen molar-refractivity contribution in [1.82, 2.24) is 9.88 Å². The van der Waals surface area contributed by atoms with Gasteiger partial charge in [0, 0.05) is 50.2 Å². The van der Waals surface area contributed by atoms with E-state index in [1.165, 1.54) is 0 Å². The molecule has 0 unspecified atom stereocenters. The zero-order valence-corrected chi connectivity index (χ0v) is 17.8. The summed E-state index contributed by atoms with van der Waals surface area (Å²) in [6, 6.07) is 8.82. The monoisotopic (exact) mass is 404 g/mol. The maximum absolute atomic E-state index is 11.9. The topological polar surface area (TPSA) is 78.7 Å². The summed E-state index contributed by atoms with van der Waals surface area (Å²) in [6.45, 7) is 5.99. The van der Waals surface area contributed by atoms with Crippen molar-refractivity contribution in [3.63, 3.8) is 0 Å². The minimum atomic E-state index is -0.140. The summed E-state index contributed by atoms with van der Waals surface area (Å²) in [6.07, 6.45) is 11.0. The van der Waals surface area contributed by atoms with Gasteiger partial charge in [0.1, 0.15) is 11.6 Å². The van der Waals surface area contributed by atoms with Crippen LogP contribution in [0.5, 0.6) is 5.75 Å². The van der Waals surface area contributed by atoms with Crippen LogP contribution >= 0.6 is 0 Å². The van der Waals surface area contributed by atoms with Gasteiger partial charge in [0.2, 0.25) is 0 Å². The number of aliphatic imine (C=N–C) groups is 1. The van der Waals surface area contributed by atoms with Crippen molar-refractivity contribution >= 4 is 36.2 Å². The quantitative estimate of drug-likeness (QED) is 0.299. The van der Waals surface area contributed by atoms with E-state index >= 15 is 0 Å². The molecule has 1 aromatic carbocycles. The maximum Gasteiger partial charge on any atom is 0.251 e. The van der Waals surface area contributed by atoms with Crippen LogP contribution in [0, 0.1) is 0 Å². The van der Waals surface area contributed by atoms with Gasteiger partial charge in [0.05, 0.1) is 5.35 Å². The Morgan fingerprint density at radius 1 is 1.30 bits per heavy atom. The van der Waals surface area contributed by atoms with Crippen LogP contribution in [0.3, 0.4) is 0 Å². The van der Waals surface area contributed by atoms with Crippen LogP contribution in [0.1, 0.15) is 12.6 Å². The fourth-order valence-corrected chi connectivity index (χ4v) is 2.85. The lowest BCUT2D eigenvalue weighted by atomic mass is 10.2. The van der Waals surface area contributed by atoms with Gasteiger partial charge < -0.3 is 20.3 Å². The summed E-state index contributed by atoms with van der Waals surface area (Å²) in [5.74, 6) is 0.678. The van der Waals surface area contributed by atoms with Gasteiger partial charge in [-0.25, -0.2) is 0 Å². The number of likely N-dealkylation sites (N-methyl/N-ethyl adjacent to an activating group) is 1. The van der Waals surface area contributed by atoms with Crippen molar-refractivity contribution in [3.8, 4) is 5.75 Å². The zero-order valence-electron chi connectivity index (χ0n) is 17.8. The van der Waals surface area contributed by atoms with E-state index in [1.54, 1.807) is 44.4 Å². The molecule has 1 aromatic heterocycles. The number of aromatic hydroxyl groups is 1. The maximum atomic E-state index is 11.9. The van der Waals surface area contributed by atoms with Crippen LogP contribution < -0.4 is 21.2 Å². The molecule has 0 bridgehead atoms. The molecule has 6 nitrogen and oxygen atoms in total. The molecule has 30 heavy (non-hydrogen) atoms. The van der Waals surface area contributed by atoms with Crippen LogP contribution in [-0.2, 0) is 11.8 Å². The lowest BCUT2D eigenvalue weighted by Crippen LogP contribution is -2.29. The van der Waals surface area contributed by atoms with Crippen molar-refractivity contribution in [1.29, 1.82) is 0 Å². The smallest absolute Gasteiger partial charge is 0.251 e. The molecule has 0 atom stereocenters. The normalized spacial score (nSPS) is 13.4. The highest BCUT2D eigenvalue weighted by Crippen LogP contribution is 2.15. The Bertz CT molecular complexity index is 1130. The molecule has 1 amide bonds. The van der Waals surface area contributed by atoms with Crippen molar-refractivity contribution < 1.29 is 9.90 Å². The number of phenols is 1. The first kappa shape index (κ1) is 22.5. The number of carbonyl (C=O) groups is 1. The molecule has 3 N–H and O–H groups in total. The average molecular weight is 405 g/mol. The molecule has 156 valence electrons. The molecular formula is C24H28N4O2. The Morgan fingerprint density at radius 3 is 2.70 bits per heavy atom. The van der Waals surface area contributed by atoms with E-state index in [1.807, 2.05) is 55.0 Å². The summed E-state index contributed by atoms with van der Waals surface area (Å²) in [5, 5.41) is 17.2. The minimum Gasteiger partial charge on any atom is -0.508 e. The molecule has 0 radical (unpaired) electrons. The van der Waals surface area contributed by atoms with E-state index in [0.29, 0.717) is 11.4 Å². The van der Waals surface area contributed by atoms with Crippen LogP contribution in [0.15, 0.2) is 65.2 Å².